The molecule has 0 nitrogen and oxygen atoms in total. The van der Waals surface area contributed by atoms with E-state index in [1.807, 2.05) is 6.07 Å². The van der Waals surface area contributed by atoms with Gasteiger partial charge in [0.1, 0.15) is 0 Å². The minimum Gasteiger partial charge on any atom is -0.0992 e. The van der Waals surface area contributed by atoms with Crippen LogP contribution < -0.4 is 0 Å². The van der Waals surface area contributed by atoms with Crippen molar-refractivity contribution in [3.63, 3.8) is 0 Å². The van der Waals surface area contributed by atoms with Gasteiger partial charge in [0.05, 0.1) is 8.07 Å². The van der Waals surface area contributed by atoms with Crippen molar-refractivity contribution in [3.8, 4) is 0 Å². The highest BCUT2D eigenvalue weighted by Crippen LogP contribution is 2.22. The SMILES string of the molecule is C=C(c1ccccc1)[Si](C)(C)C. The second-order valence-corrected chi connectivity index (χ2v) is 9.20. The van der Waals surface area contributed by atoms with Crippen LogP contribution in [-0.2, 0) is 0 Å². The van der Waals surface area contributed by atoms with Crippen LogP contribution >= 0.6 is 0 Å². The maximum Gasteiger partial charge on any atom is 0.0776 e. The Bertz CT molecular complexity index is 267. The first-order valence-electron chi connectivity index (χ1n) is 4.26. The molecule has 0 amide bonds. The Hall–Kier alpha value is -0.823. The molecule has 0 aliphatic carbocycles. The van der Waals surface area contributed by atoms with Gasteiger partial charge < -0.3 is 0 Å². The fourth-order valence-electron chi connectivity index (χ4n) is 1.07. The summed E-state index contributed by atoms with van der Waals surface area (Å²) in [6.45, 7) is 11.1. The van der Waals surface area contributed by atoms with Crippen LogP contribution in [0.4, 0.5) is 0 Å². The monoisotopic (exact) mass is 176 g/mol. The highest BCUT2D eigenvalue weighted by atomic mass is 28.3. The van der Waals surface area contributed by atoms with E-state index in [4.69, 9.17) is 0 Å². The maximum absolute atomic E-state index is 4.16. The summed E-state index contributed by atoms with van der Waals surface area (Å²) in [5.74, 6) is 0. The zero-order chi connectivity index (χ0) is 9.19. The molecule has 0 saturated carbocycles. The lowest BCUT2D eigenvalue weighted by Crippen LogP contribution is -2.21. The van der Waals surface area contributed by atoms with Crippen LogP contribution in [0.15, 0.2) is 36.9 Å². The van der Waals surface area contributed by atoms with E-state index in [-0.39, 0.29) is 0 Å². The lowest BCUT2D eigenvalue weighted by molar-refractivity contribution is 1.62. The van der Waals surface area contributed by atoms with Crippen molar-refractivity contribution in [3.05, 3.63) is 42.5 Å². The summed E-state index contributed by atoms with van der Waals surface area (Å²) >= 11 is 0. The normalized spacial score (nSPS) is 11.2. The molecule has 0 aromatic heterocycles. The van der Waals surface area contributed by atoms with Crippen molar-refractivity contribution in [1.29, 1.82) is 0 Å². The molecule has 0 N–H and O–H groups in total. The second-order valence-electron chi connectivity index (χ2n) is 4.09. The van der Waals surface area contributed by atoms with E-state index in [0.29, 0.717) is 0 Å². The largest absolute Gasteiger partial charge is 0.0992 e. The average molecular weight is 176 g/mol. The van der Waals surface area contributed by atoms with Gasteiger partial charge in [0.25, 0.3) is 0 Å². The zero-order valence-electron chi connectivity index (χ0n) is 8.09. The minimum absolute atomic E-state index is 1.20. The summed E-state index contributed by atoms with van der Waals surface area (Å²) in [6, 6.07) is 10.5. The fourth-order valence-corrected chi connectivity index (χ4v) is 2.11. The van der Waals surface area contributed by atoms with Gasteiger partial charge >= 0.3 is 0 Å². The molecule has 1 aromatic carbocycles. The predicted octanol–water partition coefficient (Wildman–Crippen LogP) is 3.58. The Morgan fingerprint density at radius 2 is 1.58 bits per heavy atom. The summed E-state index contributed by atoms with van der Waals surface area (Å²) in [6.07, 6.45) is 0. The highest BCUT2D eigenvalue weighted by molar-refractivity contribution is 6.93. The Morgan fingerprint density at radius 3 is 2.00 bits per heavy atom. The Balaban J connectivity index is 2.94. The minimum atomic E-state index is -1.20. The Labute approximate surface area is 75.9 Å². The maximum atomic E-state index is 4.16. The van der Waals surface area contributed by atoms with E-state index < -0.39 is 8.07 Å². The smallest absolute Gasteiger partial charge is 0.0776 e. The lowest BCUT2D eigenvalue weighted by Gasteiger charge is -2.19. The molecule has 0 atom stereocenters. The molecule has 0 radical (unpaired) electrons. The third-order valence-electron chi connectivity index (χ3n) is 2.03. The number of hydrogen-bond donors (Lipinski definition) is 0. The molecule has 0 unspecified atom stereocenters. The van der Waals surface area contributed by atoms with Crippen molar-refractivity contribution >= 4 is 13.3 Å². The molecule has 0 fully saturated rings. The predicted molar refractivity (Wildman–Crippen MR) is 58.8 cm³/mol. The first kappa shape index (κ1) is 9.27. The van der Waals surface area contributed by atoms with E-state index in [0.717, 1.165) is 0 Å². The Morgan fingerprint density at radius 1 is 1.08 bits per heavy atom. The third-order valence-corrected chi connectivity index (χ3v) is 4.13. The van der Waals surface area contributed by atoms with Gasteiger partial charge in [0, 0.05) is 0 Å². The molecular weight excluding hydrogens is 160 g/mol. The topological polar surface area (TPSA) is 0 Å². The van der Waals surface area contributed by atoms with Crippen LogP contribution in [0.3, 0.4) is 0 Å². The molecule has 1 heteroatoms. The third kappa shape index (κ3) is 2.08. The molecule has 0 aliphatic heterocycles. The quantitative estimate of drug-likeness (QED) is 0.604. The first-order chi connectivity index (χ1) is 5.52. The second kappa shape index (κ2) is 3.28. The molecule has 12 heavy (non-hydrogen) atoms. The van der Waals surface area contributed by atoms with Crippen molar-refractivity contribution in [2.24, 2.45) is 0 Å². The highest BCUT2D eigenvalue weighted by Gasteiger charge is 2.18. The lowest BCUT2D eigenvalue weighted by atomic mass is 10.2. The molecular formula is C11H16Si. The fraction of sp³-hybridized carbons (Fsp3) is 0.273. The van der Waals surface area contributed by atoms with E-state index in [2.05, 4.69) is 50.5 Å². The number of benzene rings is 1. The Kier molecular flexibility index (Phi) is 2.53. The summed E-state index contributed by atoms with van der Waals surface area (Å²) in [7, 11) is -1.20. The van der Waals surface area contributed by atoms with E-state index >= 15 is 0 Å². The first-order valence-corrected chi connectivity index (χ1v) is 7.76. The van der Waals surface area contributed by atoms with Gasteiger partial charge in [-0.1, -0.05) is 61.7 Å². The van der Waals surface area contributed by atoms with E-state index in [1.165, 1.54) is 10.8 Å². The number of hydrogen-bond acceptors (Lipinski definition) is 0. The molecule has 0 saturated heterocycles. The zero-order valence-corrected chi connectivity index (χ0v) is 9.09. The van der Waals surface area contributed by atoms with Crippen molar-refractivity contribution < 1.29 is 0 Å². The van der Waals surface area contributed by atoms with Gasteiger partial charge in [-0.3, -0.25) is 0 Å². The van der Waals surface area contributed by atoms with Crippen LogP contribution in [-0.4, -0.2) is 8.07 Å². The van der Waals surface area contributed by atoms with Crippen LogP contribution in [0.5, 0.6) is 0 Å². The van der Waals surface area contributed by atoms with Gasteiger partial charge in [-0.15, -0.1) is 0 Å². The molecule has 1 rings (SSSR count). The van der Waals surface area contributed by atoms with Gasteiger partial charge in [-0.25, -0.2) is 0 Å². The van der Waals surface area contributed by atoms with E-state index in [9.17, 15) is 0 Å². The molecule has 0 aliphatic rings. The standard InChI is InChI=1S/C11H16Si/c1-10(12(2,3)4)11-8-6-5-7-9-11/h5-9H,1H2,2-4H3. The van der Waals surface area contributed by atoms with Crippen LogP contribution in [0, 0.1) is 0 Å². The van der Waals surface area contributed by atoms with Crippen molar-refractivity contribution in [1.82, 2.24) is 0 Å². The average Bonchev–Trinajstić information content (AvgIpc) is 2.03. The summed E-state index contributed by atoms with van der Waals surface area (Å²) in [5, 5.41) is 1.34. The summed E-state index contributed by atoms with van der Waals surface area (Å²) in [4.78, 5) is 0. The van der Waals surface area contributed by atoms with Crippen LogP contribution in [0.2, 0.25) is 19.6 Å². The molecule has 0 spiro atoms. The van der Waals surface area contributed by atoms with Gasteiger partial charge in [0.15, 0.2) is 0 Å². The summed E-state index contributed by atoms with van der Waals surface area (Å²) in [5.41, 5.74) is 1.30. The van der Waals surface area contributed by atoms with Crippen molar-refractivity contribution in [2.75, 3.05) is 0 Å². The van der Waals surface area contributed by atoms with E-state index in [1.54, 1.807) is 0 Å². The molecule has 64 valence electrons. The number of rotatable bonds is 2. The molecule has 1 aromatic rings. The van der Waals surface area contributed by atoms with Crippen LogP contribution in [0.1, 0.15) is 5.56 Å². The van der Waals surface area contributed by atoms with Gasteiger partial charge in [-0.2, -0.15) is 0 Å². The van der Waals surface area contributed by atoms with Crippen molar-refractivity contribution in [2.45, 2.75) is 19.6 Å². The van der Waals surface area contributed by atoms with Crippen LogP contribution in [0.25, 0.3) is 5.20 Å². The summed E-state index contributed by atoms with van der Waals surface area (Å²) < 4.78 is 0. The molecule has 0 heterocycles. The molecule has 0 bridgehead atoms. The van der Waals surface area contributed by atoms with Gasteiger partial charge in [0.2, 0.25) is 0 Å². The van der Waals surface area contributed by atoms with Gasteiger partial charge in [-0.05, 0) is 5.56 Å².